The van der Waals surface area contributed by atoms with Crippen LogP contribution in [0, 0.1) is 10.1 Å². The highest BCUT2D eigenvalue weighted by Gasteiger charge is 2.23. The first kappa shape index (κ1) is 17.5. The summed E-state index contributed by atoms with van der Waals surface area (Å²) >= 11 is 11.6. The molecule has 2 rings (SSSR count). The molecule has 0 unspecified atom stereocenters. The SMILES string of the molecule is Nc1cc(Cl)cc(Cl)c1S(=O)(=O)NCc1ccccc1[N+](=O)[O-]. The third-order valence-electron chi connectivity index (χ3n) is 2.95. The van der Waals surface area contributed by atoms with Gasteiger partial charge in [0.1, 0.15) is 4.90 Å². The van der Waals surface area contributed by atoms with Gasteiger partial charge in [0.15, 0.2) is 0 Å². The van der Waals surface area contributed by atoms with Gasteiger partial charge in [-0.25, -0.2) is 13.1 Å². The van der Waals surface area contributed by atoms with Gasteiger partial charge in [0, 0.05) is 23.2 Å². The molecule has 0 aliphatic carbocycles. The summed E-state index contributed by atoms with van der Waals surface area (Å²) in [6.07, 6.45) is 0. The molecule has 10 heteroatoms. The van der Waals surface area contributed by atoms with Crippen LogP contribution in [0.5, 0.6) is 0 Å². The normalized spacial score (nSPS) is 11.4. The van der Waals surface area contributed by atoms with Crippen LogP contribution in [0.2, 0.25) is 10.0 Å². The zero-order valence-corrected chi connectivity index (χ0v) is 13.8. The highest BCUT2D eigenvalue weighted by atomic mass is 35.5. The van der Waals surface area contributed by atoms with E-state index in [0.29, 0.717) is 0 Å². The highest BCUT2D eigenvalue weighted by molar-refractivity contribution is 7.89. The lowest BCUT2D eigenvalue weighted by molar-refractivity contribution is -0.385. The van der Waals surface area contributed by atoms with Crippen LogP contribution < -0.4 is 10.5 Å². The van der Waals surface area contributed by atoms with Gasteiger partial charge in [-0.2, -0.15) is 0 Å². The molecule has 2 aromatic carbocycles. The van der Waals surface area contributed by atoms with Gasteiger partial charge in [0.05, 0.1) is 15.6 Å². The fraction of sp³-hybridized carbons (Fsp3) is 0.0769. The van der Waals surface area contributed by atoms with E-state index in [0.717, 1.165) is 0 Å². The Labute approximate surface area is 142 Å². The van der Waals surface area contributed by atoms with Crippen molar-refractivity contribution in [2.45, 2.75) is 11.4 Å². The van der Waals surface area contributed by atoms with Crippen LogP contribution in [0.1, 0.15) is 5.56 Å². The number of nitro benzene ring substituents is 1. The molecular weight excluding hydrogens is 365 g/mol. The number of hydrogen-bond donors (Lipinski definition) is 2. The van der Waals surface area contributed by atoms with Gasteiger partial charge in [0.2, 0.25) is 10.0 Å². The number of sulfonamides is 1. The van der Waals surface area contributed by atoms with Crippen molar-refractivity contribution in [1.82, 2.24) is 4.72 Å². The van der Waals surface area contributed by atoms with Crippen molar-refractivity contribution in [3.8, 4) is 0 Å². The number of hydrogen-bond acceptors (Lipinski definition) is 5. The molecule has 23 heavy (non-hydrogen) atoms. The Morgan fingerprint density at radius 3 is 2.48 bits per heavy atom. The lowest BCUT2D eigenvalue weighted by Gasteiger charge is -2.11. The number of nitrogens with zero attached hydrogens (tertiary/aromatic N) is 1. The number of nitrogens with one attached hydrogen (secondary N) is 1. The molecule has 0 heterocycles. The van der Waals surface area contributed by atoms with Gasteiger partial charge in [-0.15, -0.1) is 0 Å². The Bertz CT molecular complexity index is 848. The smallest absolute Gasteiger partial charge is 0.273 e. The first-order valence-electron chi connectivity index (χ1n) is 6.19. The van der Waals surface area contributed by atoms with Crippen molar-refractivity contribution in [2.75, 3.05) is 5.73 Å². The molecule has 0 atom stereocenters. The Morgan fingerprint density at radius 2 is 1.87 bits per heavy atom. The van der Waals surface area contributed by atoms with E-state index in [4.69, 9.17) is 28.9 Å². The number of nitrogen functional groups attached to an aromatic ring is 1. The summed E-state index contributed by atoms with van der Waals surface area (Å²) in [5, 5.41) is 11.0. The largest absolute Gasteiger partial charge is 0.398 e. The third kappa shape index (κ3) is 3.91. The minimum atomic E-state index is -4.07. The first-order chi connectivity index (χ1) is 10.7. The van der Waals surface area contributed by atoms with E-state index in [-0.39, 0.29) is 38.4 Å². The molecule has 0 aromatic heterocycles. The second-order valence-corrected chi connectivity index (χ2v) is 7.06. The number of halogens is 2. The van der Waals surface area contributed by atoms with Gasteiger partial charge in [0.25, 0.3) is 5.69 Å². The molecule has 0 spiro atoms. The fourth-order valence-corrected chi connectivity index (χ4v) is 3.94. The molecule has 0 bridgehead atoms. The van der Waals surface area contributed by atoms with Crippen LogP contribution in [0.25, 0.3) is 0 Å². The van der Waals surface area contributed by atoms with Crippen LogP contribution in [0.3, 0.4) is 0 Å². The van der Waals surface area contributed by atoms with E-state index in [1.807, 2.05) is 0 Å². The van der Waals surface area contributed by atoms with Gasteiger partial charge in [-0.3, -0.25) is 10.1 Å². The summed E-state index contributed by atoms with van der Waals surface area (Å²) in [5.74, 6) is 0. The van der Waals surface area contributed by atoms with Crippen LogP contribution in [-0.4, -0.2) is 13.3 Å². The van der Waals surface area contributed by atoms with Crippen LogP contribution in [0.4, 0.5) is 11.4 Å². The summed E-state index contributed by atoms with van der Waals surface area (Å²) in [6, 6.07) is 8.30. The van der Waals surface area contributed by atoms with Crippen LogP contribution in [-0.2, 0) is 16.6 Å². The van der Waals surface area contributed by atoms with Crippen LogP contribution >= 0.6 is 23.2 Å². The van der Waals surface area contributed by atoms with E-state index in [2.05, 4.69) is 4.72 Å². The van der Waals surface area contributed by atoms with Gasteiger partial charge >= 0.3 is 0 Å². The van der Waals surface area contributed by atoms with Gasteiger partial charge in [-0.1, -0.05) is 41.4 Å². The molecule has 3 N–H and O–H groups in total. The minimum absolute atomic E-state index is 0.113. The van der Waals surface area contributed by atoms with Crippen molar-refractivity contribution < 1.29 is 13.3 Å². The lowest BCUT2D eigenvalue weighted by Crippen LogP contribution is -2.25. The van der Waals surface area contributed by atoms with Gasteiger partial charge in [-0.05, 0) is 12.1 Å². The fourth-order valence-electron chi connectivity index (χ4n) is 1.95. The Morgan fingerprint density at radius 1 is 1.22 bits per heavy atom. The molecule has 0 aliphatic heterocycles. The second kappa shape index (κ2) is 6.71. The van der Waals surface area contributed by atoms with Crippen molar-refractivity contribution in [3.63, 3.8) is 0 Å². The van der Waals surface area contributed by atoms with Gasteiger partial charge < -0.3 is 5.73 Å². The van der Waals surface area contributed by atoms with Crippen molar-refractivity contribution in [2.24, 2.45) is 0 Å². The molecular formula is C13H11Cl2N3O4S. The molecule has 122 valence electrons. The zero-order valence-electron chi connectivity index (χ0n) is 11.5. The Hall–Kier alpha value is -1.87. The van der Waals surface area contributed by atoms with E-state index in [9.17, 15) is 18.5 Å². The van der Waals surface area contributed by atoms with E-state index in [1.54, 1.807) is 6.07 Å². The predicted molar refractivity (Wildman–Crippen MR) is 88.0 cm³/mol. The van der Waals surface area contributed by atoms with E-state index in [1.165, 1.54) is 30.3 Å². The summed E-state index contributed by atoms with van der Waals surface area (Å²) in [5.41, 5.74) is 5.57. The van der Waals surface area contributed by atoms with Crippen LogP contribution in [0.15, 0.2) is 41.3 Å². The molecule has 0 amide bonds. The number of rotatable bonds is 5. The number of nitrogens with two attached hydrogens (primary N) is 1. The zero-order chi connectivity index (χ0) is 17.2. The number of para-hydroxylation sites is 1. The summed E-state index contributed by atoms with van der Waals surface area (Å²) in [6.45, 7) is -0.280. The number of benzene rings is 2. The number of nitro groups is 1. The quantitative estimate of drug-likeness (QED) is 0.473. The third-order valence-corrected chi connectivity index (χ3v) is 5.09. The van der Waals surface area contributed by atoms with Crippen molar-refractivity contribution in [3.05, 3.63) is 62.1 Å². The maximum Gasteiger partial charge on any atom is 0.273 e. The molecule has 0 saturated carbocycles. The average molecular weight is 376 g/mol. The lowest BCUT2D eigenvalue weighted by atomic mass is 10.2. The van der Waals surface area contributed by atoms with E-state index < -0.39 is 14.9 Å². The monoisotopic (exact) mass is 375 g/mol. The van der Waals surface area contributed by atoms with Crippen molar-refractivity contribution in [1.29, 1.82) is 0 Å². The molecule has 2 aromatic rings. The molecule has 7 nitrogen and oxygen atoms in total. The Kier molecular flexibility index (Phi) is 5.10. The predicted octanol–water partition coefficient (Wildman–Crippen LogP) is 2.96. The summed E-state index contributed by atoms with van der Waals surface area (Å²) in [7, 11) is -4.07. The minimum Gasteiger partial charge on any atom is -0.398 e. The maximum atomic E-state index is 12.4. The first-order valence-corrected chi connectivity index (χ1v) is 8.43. The standard InChI is InChI=1S/C13H11Cl2N3O4S/c14-9-5-10(15)13(11(16)6-9)23(21,22)17-7-8-3-1-2-4-12(8)18(19)20/h1-6,17H,7,16H2. The highest BCUT2D eigenvalue weighted by Crippen LogP contribution is 2.31. The topological polar surface area (TPSA) is 115 Å². The molecule has 0 saturated heterocycles. The summed E-state index contributed by atoms with van der Waals surface area (Å²) < 4.78 is 27.0. The molecule has 0 radical (unpaired) electrons. The molecule has 0 aliphatic rings. The summed E-state index contributed by atoms with van der Waals surface area (Å²) in [4.78, 5) is 10.0. The maximum absolute atomic E-state index is 12.4. The second-order valence-electron chi connectivity index (χ2n) is 4.52. The average Bonchev–Trinajstić information content (AvgIpc) is 2.44. The van der Waals surface area contributed by atoms with E-state index >= 15 is 0 Å². The van der Waals surface area contributed by atoms with Crippen molar-refractivity contribution >= 4 is 44.6 Å². The number of anilines is 1. The Balaban J connectivity index is 2.33. The molecule has 0 fully saturated rings.